The fraction of sp³-hybridized carbons (Fsp3) is 0.273. The minimum absolute atomic E-state index is 0.298. The lowest BCUT2D eigenvalue weighted by molar-refractivity contribution is 0.338. The Labute approximate surface area is 83.2 Å². The lowest BCUT2D eigenvalue weighted by Gasteiger charge is -2.04. The molecule has 2 nitrogen and oxygen atoms in total. The highest BCUT2D eigenvalue weighted by atomic mass is 19.1. The van der Waals surface area contributed by atoms with Crippen molar-refractivity contribution in [3.8, 4) is 5.75 Å². The number of hydrogen-bond acceptors (Lipinski definition) is 2. The fourth-order valence-electron chi connectivity index (χ4n) is 1.13. The summed E-state index contributed by atoms with van der Waals surface area (Å²) in [4.78, 5) is 0. The first-order chi connectivity index (χ1) is 6.76. The van der Waals surface area contributed by atoms with E-state index in [0.717, 1.165) is 5.56 Å². The summed E-state index contributed by atoms with van der Waals surface area (Å²) in [7, 11) is 0. The number of benzene rings is 1. The molecule has 0 aliphatic heterocycles. The smallest absolute Gasteiger partial charge is 0.127 e. The van der Waals surface area contributed by atoms with Gasteiger partial charge in [0.1, 0.15) is 11.6 Å². The van der Waals surface area contributed by atoms with E-state index in [1.165, 1.54) is 12.1 Å². The van der Waals surface area contributed by atoms with E-state index in [-0.39, 0.29) is 5.82 Å². The first kappa shape index (κ1) is 10.7. The monoisotopic (exact) mass is 195 g/mol. The van der Waals surface area contributed by atoms with E-state index in [1.807, 2.05) is 6.92 Å². The molecule has 76 valence electrons. The summed E-state index contributed by atoms with van der Waals surface area (Å²) in [6, 6.07) is 4.58. The molecule has 1 rings (SSSR count). The van der Waals surface area contributed by atoms with Gasteiger partial charge in [0.05, 0.1) is 6.61 Å². The van der Waals surface area contributed by atoms with Crippen LogP contribution in [0.5, 0.6) is 5.75 Å². The van der Waals surface area contributed by atoms with Gasteiger partial charge in [-0.15, -0.1) is 0 Å². The molecule has 1 aromatic rings. The largest absolute Gasteiger partial charge is 0.494 e. The molecule has 0 heterocycles. The Kier molecular flexibility index (Phi) is 4.13. The predicted octanol–water partition coefficient (Wildman–Crippen LogP) is 2.20. The summed E-state index contributed by atoms with van der Waals surface area (Å²) in [6.07, 6.45) is 3.54. The van der Waals surface area contributed by atoms with Crippen LogP contribution in [0, 0.1) is 5.82 Å². The summed E-state index contributed by atoms with van der Waals surface area (Å²) in [5.74, 6) is 0.247. The zero-order valence-electron chi connectivity index (χ0n) is 8.16. The standard InChI is InChI=1S/C11H14FNO/c1-2-14-11-7-9(4-3-5-13)6-10(12)8-11/h3-4,6-8H,2,5,13H2,1H3. The van der Waals surface area contributed by atoms with Gasteiger partial charge >= 0.3 is 0 Å². The van der Waals surface area contributed by atoms with Gasteiger partial charge in [0.25, 0.3) is 0 Å². The Morgan fingerprint density at radius 3 is 2.86 bits per heavy atom. The lowest BCUT2D eigenvalue weighted by atomic mass is 10.2. The van der Waals surface area contributed by atoms with Crippen LogP contribution in [0.1, 0.15) is 12.5 Å². The maximum Gasteiger partial charge on any atom is 0.127 e. The Balaban J connectivity index is 2.89. The SMILES string of the molecule is CCOc1cc(F)cc(C=CCN)c1. The van der Waals surface area contributed by atoms with Crippen LogP contribution in [0.2, 0.25) is 0 Å². The van der Waals surface area contributed by atoms with Crippen molar-refractivity contribution < 1.29 is 9.13 Å². The van der Waals surface area contributed by atoms with E-state index in [0.29, 0.717) is 18.9 Å². The summed E-state index contributed by atoms with van der Waals surface area (Å²) < 4.78 is 18.2. The predicted molar refractivity (Wildman–Crippen MR) is 55.7 cm³/mol. The summed E-state index contributed by atoms with van der Waals surface area (Å²) in [5, 5.41) is 0. The second kappa shape index (κ2) is 5.40. The number of rotatable bonds is 4. The first-order valence-electron chi connectivity index (χ1n) is 4.56. The van der Waals surface area contributed by atoms with Crippen molar-refractivity contribution >= 4 is 6.08 Å². The van der Waals surface area contributed by atoms with Gasteiger partial charge in [-0.2, -0.15) is 0 Å². The van der Waals surface area contributed by atoms with Crippen molar-refractivity contribution in [3.63, 3.8) is 0 Å². The summed E-state index contributed by atoms with van der Waals surface area (Å²) in [6.45, 7) is 2.84. The third-order valence-electron chi connectivity index (χ3n) is 1.65. The van der Waals surface area contributed by atoms with E-state index in [9.17, 15) is 4.39 Å². The van der Waals surface area contributed by atoms with Gasteiger partial charge in [-0.3, -0.25) is 0 Å². The van der Waals surface area contributed by atoms with E-state index in [1.54, 1.807) is 18.2 Å². The molecule has 14 heavy (non-hydrogen) atoms. The molecule has 0 radical (unpaired) electrons. The third-order valence-corrected chi connectivity index (χ3v) is 1.65. The minimum atomic E-state index is -0.298. The van der Waals surface area contributed by atoms with Gasteiger partial charge in [-0.1, -0.05) is 12.2 Å². The lowest BCUT2D eigenvalue weighted by Crippen LogP contribution is -1.94. The van der Waals surface area contributed by atoms with Gasteiger partial charge in [0.2, 0.25) is 0 Å². The van der Waals surface area contributed by atoms with E-state index in [4.69, 9.17) is 10.5 Å². The van der Waals surface area contributed by atoms with Crippen LogP contribution < -0.4 is 10.5 Å². The van der Waals surface area contributed by atoms with Crippen LogP contribution in [0.25, 0.3) is 6.08 Å². The fourth-order valence-corrected chi connectivity index (χ4v) is 1.13. The van der Waals surface area contributed by atoms with E-state index in [2.05, 4.69) is 0 Å². The Morgan fingerprint density at radius 2 is 2.21 bits per heavy atom. The van der Waals surface area contributed by atoms with Crippen LogP contribution in [-0.2, 0) is 0 Å². The molecule has 0 spiro atoms. The van der Waals surface area contributed by atoms with Crippen molar-refractivity contribution in [2.45, 2.75) is 6.92 Å². The van der Waals surface area contributed by atoms with Gasteiger partial charge in [0, 0.05) is 12.6 Å². The molecule has 1 aromatic carbocycles. The van der Waals surface area contributed by atoms with Crippen LogP contribution in [0.15, 0.2) is 24.3 Å². The molecule has 3 heteroatoms. The van der Waals surface area contributed by atoms with Crippen molar-refractivity contribution in [1.29, 1.82) is 0 Å². The molecular formula is C11H14FNO. The van der Waals surface area contributed by atoms with Crippen molar-refractivity contribution in [2.24, 2.45) is 5.73 Å². The number of nitrogens with two attached hydrogens (primary N) is 1. The molecule has 0 unspecified atom stereocenters. The Morgan fingerprint density at radius 1 is 1.43 bits per heavy atom. The van der Waals surface area contributed by atoms with Gasteiger partial charge in [0.15, 0.2) is 0 Å². The van der Waals surface area contributed by atoms with Crippen LogP contribution in [-0.4, -0.2) is 13.2 Å². The second-order valence-corrected chi connectivity index (χ2v) is 2.79. The van der Waals surface area contributed by atoms with Crippen molar-refractivity contribution in [3.05, 3.63) is 35.7 Å². The molecular weight excluding hydrogens is 181 g/mol. The third kappa shape index (κ3) is 3.18. The normalized spacial score (nSPS) is 10.8. The molecule has 0 amide bonds. The Hall–Kier alpha value is -1.35. The maximum atomic E-state index is 13.0. The van der Waals surface area contributed by atoms with E-state index < -0.39 is 0 Å². The highest BCUT2D eigenvalue weighted by Crippen LogP contribution is 2.17. The number of hydrogen-bond donors (Lipinski definition) is 1. The second-order valence-electron chi connectivity index (χ2n) is 2.79. The average Bonchev–Trinajstić information content (AvgIpc) is 2.14. The first-order valence-corrected chi connectivity index (χ1v) is 4.56. The quantitative estimate of drug-likeness (QED) is 0.799. The highest BCUT2D eigenvalue weighted by Gasteiger charge is 1.98. The molecule has 2 N–H and O–H groups in total. The zero-order chi connectivity index (χ0) is 10.4. The number of halogens is 1. The number of ether oxygens (including phenoxy) is 1. The molecule has 0 fully saturated rings. The molecule has 0 aliphatic rings. The highest BCUT2D eigenvalue weighted by molar-refractivity contribution is 5.52. The Bertz CT molecular complexity index is 323. The maximum absolute atomic E-state index is 13.0. The van der Waals surface area contributed by atoms with Crippen molar-refractivity contribution in [1.82, 2.24) is 0 Å². The van der Waals surface area contributed by atoms with E-state index >= 15 is 0 Å². The van der Waals surface area contributed by atoms with Crippen LogP contribution >= 0.6 is 0 Å². The van der Waals surface area contributed by atoms with Gasteiger partial charge in [-0.25, -0.2) is 4.39 Å². The summed E-state index contributed by atoms with van der Waals surface area (Å²) >= 11 is 0. The molecule has 0 aromatic heterocycles. The van der Waals surface area contributed by atoms with Crippen molar-refractivity contribution in [2.75, 3.05) is 13.2 Å². The minimum Gasteiger partial charge on any atom is -0.494 e. The molecule has 0 bridgehead atoms. The zero-order valence-corrected chi connectivity index (χ0v) is 8.16. The topological polar surface area (TPSA) is 35.2 Å². The molecule has 0 saturated heterocycles. The van der Waals surface area contributed by atoms with Crippen LogP contribution in [0.4, 0.5) is 4.39 Å². The molecule has 0 atom stereocenters. The van der Waals surface area contributed by atoms with Gasteiger partial charge in [-0.05, 0) is 24.6 Å². The molecule has 0 saturated carbocycles. The molecule has 0 aliphatic carbocycles. The van der Waals surface area contributed by atoms with Gasteiger partial charge < -0.3 is 10.5 Å². The summed E-state index contributed by atoms with van der Waals surface area (Å²) in [5.41, 5.74) is 6.06. The van der Waals surface area contributed by atoms with Crippen LogP contribution in [0.3, 0.4) is 0 Å². The average molecular weight is 195 g/mol.